The van der Waals surface area contributed by atoms with Crippen molar-refractivity contribution in [3.05, 3.63) is 62.3 Å². The fourth-order valence-corrected chi connectivity index (χ4v) is 2.49. The molecule has 0 atom stereocenters. The Balaban J connectivity index is 2.46. The van der Waals surface area contributed by atoms with Crippen molar-refractivity contribution >= 4 is 37.6 Å². The van der Waals surface area contributed by atoms with Gasteiger partial charge in [-0.25, -0.2) is 4.39 Å². The Morgan fingerprint density at radius 1 is 1.20 bits per heavy atom. The van der Waals surface area contributed by atoms with Crippen LogP contribution in [0.15, 0.2) is 45.3 Å². The Kier molecular flexibility index (Phi) is 4.94. The van der Waals surface area contributed by atoms with E-state index in [1.807, 2.05) is 13.0 Å². The highest BCUT2D eigenvalue weighted by atomic mass is 79.9. The number of ketones is 1. The molecule has 2 rings (SSSR count). The molecular formula is C15H11Br2FO2. The first-order chi connectivity index (χ1) is 9.52. The summed E-state index contributed by atoms with van der Waals surface area (Å²) in [5, 5.41) is 0. The summed E-state index contributed by atoms with van der Waals surface area (Å²) in [6.45, 7) is 2.32. The fourth-order valence-electron chi connectivity index (χ4n) is 1.75. The van der Waals surface area contributed by atoms with Crippen LogP contribution in [0.5, 0.6) is 5.75 Å². The predicted octanol–water partition coefficient (Wildman–Crippen LogP) is 4.98. The number of carbonyl (C=O) groups excluding carboxylic acids is 1. The van der Waals surface area contributed by atoms with Gasteiger partial charge in [-0.15, -0.1) is 0 Å². The number of carbonyl (C=O) groups is 1. The van der Waals surface area contributed by atoms with E-state index in [1.54, 1.807) is 12.1 Å². The normalized spacial score (nSPS) is 10.4. The zero-order valence-corrected chi connectivity index (χ0v) is 13.8. The summed E-state index contributed by atoms with van der Waals surface area (Å²) in [6.07, 6.45) is 0. The van der Waals surface area contributed by atoms with Gasteiger partial charge in [-0.05, 0) is 59.3 Å². The number of hydrogen-bond acceptors (Lipinski definition) is 2. The lowest BCUT2D eigenvalue weighted by Crippen LogP contribution is -2.06. The highest BCUT2D eigenvalue weighted by Gasteiger charge is 2.16. The molecule has 5 heteroatoms. The SMILES string of the molecule is CCOc1ccc(Br)cc1C(=O)c1ccc(F)c(Br)c1. The van der Waals surface area contributed by atoms with E-state index in [0.717, 1.165) is 4.47 Å². The lowest BCUT2D eigenvalue weighted by Gasteiger charge is -2.10. The van der Waals surface area contributed by atoms with Gasteiger partial charge in [0, 0.05) is 10.0 Å². The van der Waals surface area contributed by atoms with Gasteiger partial charge in [-0.1, -0.05) is 15.9 Å². The third-order valence-electron chi connectivity index (χ3n) is 2.67. The van der Waals surface area contributed by atoms with Crippen LogP contribution in [0, 0.1) is 5.82 Å². The number of ether oxygens (including phenoxy) is 1. The molecule has 0 saturated carbocycles. The van der Waals surface area contributed by atoms with Gasteiger partial charge in [0.1, 0.15) is 11.6 Å². The van der Waals surface area contributed by atoms with Gasteiger partial charge < -0.3 is 4.74 Å². The van der Waals surface area contributed by atoms with Crippen LogP contribution in [0.25, 0.3) is 0 Å². The van der Waals surface area contributed by atoms with E-state index in [2.05, 4.69) is 31.9 Å². The minimum atomic E-state index is -0.402. The summed E-state index contributed by atoms with van der Waals surface area (Å²) < 4.78 is 19.7. The lowest BCUT2D eigenvalue weighted by molar-refractivity contribution is 0.103. The molecule has 0 aliphatic heterocycles. The highest BCUT2D eigenvalue weighted by Crippen LogP contribution is 2.27. The van der Waals surface area contributed by atoms with E-state index in [1.165, 1.54) is 18.2 Å². The summed E-state index contributed by atoms with van der Waals surface area (Å²) >= 11 is 6.42. The molecular weight excluding hydrogens is 391 g/mol. The number of hydrogen-bond donors (Lipinski definition) is 0. The van der Waals surface area contributed by atoms with E-state index in [0.29, 0.717) is 23.5 Å². The van der Waals surface area contributed by atoms with Gasteiger partial charge in [-0.2, -0.15) is 0 Å². The summed E-state index contributed by atoms with van der Waals surface area (Å²) in [7, 11) is 0. The van der Waals surface area contributed by atoms with Crippen molar-refractivity contribution in [3.63, 3.8) is 0 Å². The van der Waals surface area contributed by atoms with Crippen molar-refractivity contribution in [2.24, 2.45) is 0 Å². The maximum absolute atomic E-state index is 13.2. The van der Waals surface area contributed by atoms with Crippen LogP contribution in [0.1, 0.15) is 22.8 Å². The summed E-state index contributed by atoms with van der Waals surface area (Å²) in [6, 6.07) is 9.43. The molecule has 0 spiro atoms. The molecule has 0 bridgehead atoms. The van der Waals surface area contributed by atoms with Crippen LogP contribution >= 0.6 is 31.9 Å². The van der Waals surface area contributed by atoms with Crippen LogP contribution in [-0.2, 0) is 0 Å². The van der Waals surface area contributed by atoms with Gasteiger partial charge in [0.2, 0.25) is 0 Å². The summed E-state index contributed by atoms with van der Waals surface area (Å²) in [5.74, 6) is -0.0996. The molecule has 0 N–H and O–H groups in total. The monoisotopic (exact) mass is 400 g/mol. The third kappa shape index (κ3) is 3.27. The van der Waals surface area contributed by atoms with E-state index >= 15 is 0 Å². The van der Waals surface area contributed by atoms with E-state index in [9.17, 15) is 9.18 Å². The van der Waals surface area contributed by atoms with Gasteiger partial charge in [0.25, 0.3) is 0 Å². The molecule has 0 aliphatic rings. The molecule has 104 valence electrons. The first-order valence-electron chi connectivity index (χ1n) is 5.95. The topological polar surface area (TPSA) is 26.3 Å². The van der Waals surface area contributed by atoms with Crippen molar-refractivity contribution < 1.29 is 13.9 Å². The molecule has 0 aromatic heterocycles. The quantitative estimate of drug-likeness (QED) is 0.675. The Labute approximate surface area is 133 Å². The van der Waals surface area contributed by atoms with Crippen molar-refractivity contribution in [1.29, 1.82) is 0 Å². The third-order valence-corrected chi connectivity index (χ3v) is 3.77. The van der Waals surface area contributed by atoms with E-state index in [4.69, 9.17) is 4.74 Å². The molecule has 0 aliphatic carbocycles. The molecule has 2 aromatic rings. The second kappa shape index (κ2) is 6.50. The maximum atomic E-state index is 13.2. The first kappa shape index (κ1) is 15.2. The number of benzene rings is 2. The van der Waals surface area contributed by atoms with Crippen LogP contribution in [0.4, 0.5) is 4.39 Å². The molecule has 0 fully saturated rings. The smallest absolute Gasteiger partial charge is 0.196 e. The van der Waals surface area contributed by atoms with Gasteiger partial charge >= 0.3 is 0 Å². The molecule has 2 nitrogen and oxygen atoms in total. The van der Waals surface area contributed by atoms with Crippen molar-refractivity contribution in [3.8, 4) is 5.75 Å². The zero-order valence-electron chi connectivity index (χ0n) is 10.6. The fraction of sp³-hybridized carbons (Fsp3) is 0.133. The molecule has 0 radical (unpaired) electrons. The van der Waals surface area contributed by atoms with E-state index in [-0.39, 0.29) is 10.3 Å². The zero-order chi connectivity index (χ0) is 14.7. The van der Waals surface area contributed by atoms with Crippen molar-refractivity contribution in [2.75, 3.05) is 6.61 Å². The Morgan fingerprint density at radius 3 is 2.60 bits per heavy atom. The minimum Gasteiger partial charge on any atom is -0.493 e. The molecule has 2 aromatic carbocycles. The first-order valence-corrected chi connectivity index (χ1v) is 7.53. The Morgan fingerprint density at radius 2 is 1.95 bits per heavy atom. The minimum absolute atomic E-state index is 0.213. The summed E-state index contributed by atoms with van der Waals surface area (Å²) in [4.78, 5) is 12.5. The molecule has 0 unspecified atom stereocenters. The largest absolute Gasteiger partial charge is 0.493 e. The van der Waals surface area contributed by atoms with Crippen LogP contribution < -0.4 is 4.74 Å². The maximum Gasteiger partial charge on any atom is 0.196 e. The van der Waals surface area contributed by atoms with Gasteiger partial charge in [0.15, 0.2) is 5.78 Å². The van der Waals surface area contributed by atoms with E-state index < -0.39 is 5.82 Å². The van der Waals surface area contributed by atoms with Gasteiger partial charge in [0.05, 0.1) is 16.6 Å². The lowest BCUT2D eigenvalue weighted by atomic mass is 10.0. The number of rotatable bonds is 4. The van der Waals surface area contributed by atoms with Crippen LogP contribution in [0.2, 0.25) is 0 Å². The Hall–Kier alpha value is -1.20. The summed E-state index contributed by atoms with van der Waals surface area (Å²) in [5.41, 5.74) is 0.845. The molecule has 0 heterocycles. The molecule has 0 saturated heterocycles. The second-order valence-electron chi connectivity index (χ2n) is 4.03. The van der Waals surface area contributed by atoms with Crippen LogP contribution in [-0.4, -0.2) is 12.4 Å². The number of halogens is 3. The Bertz CT molecular complexity index is 656. The van der Waals surface area contributed by atoms with Crippen molar-refractivity contribution in [1.82, 2.24) is 0 Å². The predicted molar refractivity (Wildman–Crippen MR) is 82.8 cm³/mol. The van der Waals surface area contributed by atoms with Crippen LogP contribution in [0.3, 0.4) is 0 Å². The second-order valence-corrected chi connectivity index (χ2v) is 5.80. The standard InChI is InChI=1S/C15H11Br2FO2/c1-2-20-14-6-4-10(16)8-11(14)15(19)9-3-5-13(18)12(17)7-9/h3-8H,2H2,1H3. The molecule has 0 amide bonds. The van der Waals surface area contributed by atoms with Crippen molar-refractivity contribution in [2.45, 2.75) is 6.92 Å². The average Bonchev–Trinajstić information content (AvgIpc) is 2.43. The average molecular weight is 402 g/mol. The van der Waals surface area contributed by atoms with Gasteiger partial charge in [-0.3, -0.25) is 4.79 Å². The highest BCUT2D eigenvalue weighted by molar-refractivity contribution is 9.10. The molecule has 20 heavy (non-hydrogen) atoms.